The molecular formula is C15H22ClN3O2. The third-order valence-electron chi connectivity index (χ3n) is 3.88. The van der Waals surface area contributed by atoms with Crippen molar-refractivity contribution < 1.29 is 9.53 Å². The molecule has 1 aromatic carbocycles. The first-order valence-corrected chi connectivity index (χ1v) is 7.28. The fourth-order valence-corrected chi connectivity index (χ4v) is 2.71. The van der Waals surface area contributed by atoms with Crippen LogP contribution in [0.1, 0.15) is 5.56 Å². The third kappa shape index (κ3) is 4.09. The molecule has 6 heteroatoms. The molecule has 2 N–H and O–H groups in total. The Kier molecular flexibility index (Phi) is 5.85. The molecule has 1 amide bonds. The predicted molar refractivity (Wildman–Crippen MR) is 84.1 cm³/mol. The van der Waals surface area contributed by atoms with Crippen molar-refractivity contribution in [2.24, 2.45) is 0 Å². The lowest BCUT2D eigenvalue weighted by Crippen LogP contribution is -2.47. The van der Waals surface area contributed by atoms with Crippen LogP contribution in [0.5, 0.6) is 5.75 Å². The molecule has 1 atom stereocenters. The molecule has 5 nitrogen and oxygen atoms in total. The van der Waals surface area contributed by atoms with Crippen molar-refractivity contribution in [1.29, 1.82) is 0 Å². The second kappa shape index (κ2) is 7.64. The van der Waals surface area contributed by atoms with Gasteiger partial charge in [-0.2, -0.15) is 0 Å². The van der Waals surface area contributed by atoms with Crippen LogP contribution < -0.4 is 15.4 Å². The van der Waals surface area contributed by atoms with Gasteiger partial charge in [-0.3, -0.25) is 9.69 Å². The van der Waals surface area contributed by atoms with Gasteiger partial charge >= 0.3 is 0 Å². The highest BCUT2D eigenvalue weighted by molar-refractivity contribution is 5.85. The summed E-state index contributed by atoms with van der Waals surface area (Å²) in [6.07, 6.45) is 0.311. The highest BCUT2D eigenvalue weighted by atomic mass is 35.5. The average molecular weight is 312 g/mol. The van der Waals surface area contributed by atoms with Crippen molar-refractivity contribution in [2.45, 2.75) is 12.5 Å². The van der Waals surface area contributed by atoms with E-state index in [0.717, 1.165) is 44.0 Å². The molecule has 1 fully saturated rings. The van der Waals surface area contributed by atoms with Gasteiger partial charge in [0.2, 0.25) is 0 Å². The Balaban J connectivity index is 0.00000161. The highest BCUT2D eigenvalue weighted by Gasteiger charge is 2.28. The smallest absolute Gasteiger partial charge is 0.261 e. The van der Waals surface area contributed by atoms with E-state index in [2.05, 4.69) is 15.5 Å². The summed E-state index contributed by atoms with van der Waals surface area (Å²) in [7, 11) is 0. The minimum atomic E-state index is -0.365. The van der Waals surface area contributed by atoms with Crippen LogP contribution in [0, 0.1) is 0 Å². The highest BCUT2D eigenvalue weighted by Crippen LogP contribution is 2.27. The zero-order valence-electron chi connectivity index (χ0n) is 12.0. The van der Waals surface area contributed by atoms with Crippen LogP contribution >= 0.6 is 12.4 Å². The summed E-state index contributed by atoms with van der Waals surface area (Å²) in [5, 5.41) is 6.30. The quantitative estimate of drug-likeness (QED) is 0.847. The number of benzene rings is 1. The molecule has 21 heavy (non-hydrogen) atoms. The topological polar surface area (TPSA) is 53.6 Å². The number of nitrogens with one attached hydrogen (secondary N) is 2. The molecule has 2 aliphatic rings. The van der Waals surface area contributed by atoms with Crippen molar-refractivity contribution >= 4 is 18.3 Å². The summed E-state index contributed by atoms with van der Waals surface area (Å²) < 4.78 is 5.68. The van der Waals surface area contributed by atoms with Gasteiger partial charge in [0.1, 0.15) is 5.75 Å². The van der Waals surface area contributed by atoms with E-state index in [4.69, 9.17) is 4.74 Å². The molecule has 0 aliphatic carbocycles. The number of carbonyl (C=O) groups excluding carboxylic acids is 1. The fraction of sp³-hybridized carbons (Fsp3) is 0.533. The lowest BCUT2D eigenvalue weighted by molar-refractivity contribution is -0.127. The van der Waals surface area contributed by atoms with Gasteiger partial charge in [0, 0.05) is 45.7 Å². The summed E-state index contributed by atoms with van der Waals surface area (Å²) in [6.45, 7) is 5.79. The van der Waals surface area contributed by atoms with E-state index in [-0.39, 0.29) is 24.4 Å². The van der Waals surface area contributed by atoms with Crippen LogP contribution in [0.3, 0.4) is 0 Å². The van der Waals surface area contributed by atoms with E-state index in [0.29, 0.717) is 13.0 Å². The van der Waals surface area contributed by atoms with Gasteiger partial charge in [0.05, 0.1) is 0 Å². The van der Waals surface area contributed by atoms with E-state index in [1.807, 2.05) is 24.3 Å². The van der Waals surface area contributed by atoms with Gasteiger partial charge in [-0.25, -0.2) is 0 Å². The molecule has 0 aromatic heterocycles. The Morgan fingerprint density at radius 1 is 1.33 bits per heavy atom. The first-order valence-electron chi connectivity index (χ1n) is 7.28. The number of carbonyl (C=O) groups is 1. The number of halogens is 1. The fourth-order valence-electron chi connectivity index (χ4n) is 2.71. The first-order chi connectivity index (χ1) is 9.83. The zero-order valence-corrected chi connectivity index (χ0v) is 12.8. The predicted octanol–water partition coefficient (Wildman–Crippen LogP) is 0.433. The Labute approximate surface area is 131 Å². The molecular weight excluding hydrogens is 290 g/mol. The SMILES string of the molecule is Cl.O=C(NCCN1CCNCC1)C1Cc2ccccc2O1. The lowest BCUT2D eigenvalue weighted by Gasteiger charge is -2.27. The van der Waals surface area contributed by atoms with E-state index < -0.39 is 0 Å². The first kappa shape index (κ1) is 16.1. The van der Waals surface area contributed by atoms with Crippen molar-refractivity contribution in [3.8, 4) is 5.75 Å². The standard InChI is InChI=1S/C15H21N3O2.ClH/c19-15(17-7-10-18-8-5-16-6-9-18)14-11-12-3-1-2-4-13(12)20-14;/h1-4,14,16H,5-11H2,(H,17,19);1H. The largest absolute Gasteiger partial charge is 0.480 e. The molecule has 0 spiro atoms. The van der Waals surface area contributed by atoms with E-state index in [1.54, 1.807) is 0 Å². The lowest BCUT2D eigenvalue weighted by atomic mass is 10.1. The summed E-state index contributed by atoms with van der Waals surface area (Å²) in [6, 6.07) is 7.85. The van der Waals surface area contributed by atoms with Crippen LogP contribution in [0.4, 0.5) is 0 Å². The van der Waals surface area contributed by atoms with Crippen LogP contribution in [0.25, 0.3) is 0 Å². The number of hydrogen-bond acceptors (Lipinski definition) is 4. The Morgan fingerprint density at radius 3 is 2.86 bits per heavy atom. The monoisotopic (exact) mass is 311 g/mol. The van der Waals surface area contributed by atoms with E-state index in [1.165, 1.54) is 0 Å². The molecule has 0 bridgehead atoms. The molecule has 3 rings (SSSR count). The maximum atomic E-state index is 12.1. The van der Waals surface area contributed by atoms with E-state index >= 15 is 0 Å². The van der Waals surface area contributed by atoms with E-state index in [9.17, 15) is 4.79 Å². The number of para-hydroxylation sites is 1. The molecule has 0 saturated carbocycles. The number of rotatable bonds is 4. The van der Waals surface area contributed by atoms with Crippen LogP contribution in [-0.4, -0.2) is 56.2 Å². The number of amides is 1. The number of nitrogens with zero attached hydrogens (tertiary/aromatic N) is 1. The van der Waals surface area contributed by atoms with Crippen LogP contribution in [-0.2, 0) is 11.2 Å². The van der Waals surface area contributed by atoms with Gasteiger partial charge in [0.15, 0.2) is 6.10 Å². The molecule has 0 radical (unpaired) electrons. The second-order valence-corrected chi connectivity index (χ2v) is 5.30. The Bertz CT molecular complexity index is 453. The number of hydrogen-bond donors (Lipinski definition) is 2. The van der Waals surface area contributed by atoms with Crippen LogP contribution in [0.2, 0.25) is 0 Å². The van der Waals surface area contributed by atoms with Gasteiger partial charge in [-0.05, 0) is 11.6 Å². The second-order valence-electron chi connectivity index (χ2n) is 5.30. The van der Waals surface area contributed by atoms with Crippen molar-refractivity contribution in [1.82, 2.24) is 15.5 Å². The zero-order chi connectivity index (χ0) is 13.8. The molecule has 2 heterocycles. The molecule has 1 aromatic rings. The normalized spacial score (nSPS) is 21.0. The molecule has 1 saturated heterocycles. The maximum Gasteiger partial charge on any atom is 0.261 e. The summed E-state index contributed by atoms with van der Waals surface area (Å²) in [4.78, 5) is 14.5. The van der Waals surface area contributed by atoms with Crippen molar-refractivity contribution in [2.75, 3.05) is 39.3 Å². The summed E-state index contributed by atoms with van der Waals surface area (Å²) in [5.74, 6) is 0.839. The maximum absolute atomic E-state index is 12.1. The summed E-state index contributed by atoms with van der Waals surface area (Å²) in [5.41, 5.74) is 1.12. The van der Waals surface area contributed by atoms with Crippen LogP contribution in [0.15, 0.2) is 24.3 Å². The number of piperazine rings is 1. The van der Waals surface area contributed by atoms with Gasteiger partial charge in [-0.15, -0.1) is 12.4 Å². The number of ether oxygens (including phenoxy) is 1. The Morgan fingerprint density at radius 2 is 2.10 bits per heavy atom. The molecule has 2 aliphatic heterocycles. The molecule has 1 unspecified atom stereocenters. The minimum absolute atomic E-state index is 0. The molecule has 116 valence electrons. The Hall–Kier alpha value is -1.30. The van der Waals surface area contributed by atoms with Crippen molar-refractivity contribution in [3.05, 3.63) is 29.8 Å². The summed E-state index contributed by atoms with van der Waals surface area (Å²) >= 11 is 0. The number of fused-ring (bicyclic) bond motifs is 1. The minimum Gasteiger partial charge on any atom is -0.480 e. The van der Waals surface area contributed by atoms with Crippen molar-refractivity contribution in [3.63, 3.8) is 0 Å². The average Bonchev–Trinajstić information content (AvgIpc) is 2.92. The van der Waals surface area contributed by atoms with Gasteiger partial charge in [-0.1, -0.05) is 18.2 Å². The van der Waals surface area contributed by atoms with Gasteiger partial charge in [0.25, 0.3) is 5.91 Å². The van der Waals surface area contributed by atoms with Gasteiger partial charge < -0.3 is 15.4 Å². The third-order valence-corrected chi connectivity index (χ3v) is 3.88.